The lowest BCUT2D eigenvalue weighted by Gasteiger charge is -2.25. The van der Waals surface area contributed by atoms with Gasteiger partial charge in [0.2, 0.25) is 0 Å². The number of rotatable bonds is 3. The van der Waals surface area contributed by atoms with Crippen molar-refractivity contribution in [3.05, 3.63) is 27.9 Å². The molecule has 0 aliphatic carbocycles. The molecule has 0 radical (unpaired) electrons. The van der Waals surface area contributed by atoms with Crippen LogP contribution >= 0.6 is 0 Å². The molecule has 1 aliphatic heterocycles. The summed E-state index contributed by atoms with van der Waals surface area (Å²) in [4.78, 5) is 27.9. The molecule has 1 saturated heterocycles. The Kier molecular flexibility index (Phi) is 3.84. The molecule has 2 rings (SSSR count). The number of aromatic nitrogens is 1. The number of hydrogen-bond acceptors (Lipinski definition) is 6. The summed E-state index contributed by atoms with van der Waals surface area (Å²) in [6.07, 6.45) is 1.74. The summed E-state index contributed by atoms with van der Waals surface area (Å²) in [7, 11) is 0. The summed E-state index contributed by atoms with van der Waals surface area (Å²) in [5.74, 6) is -0.289. The van der Waals surface area contributed by atoms with E-state index in [0.29, 0.717) is 6.54 Å². The molecule has 1 amide bonds. The van der Waals surface area contributed by atoms with Crippen molar-refractivity contribution < 1.29 is 14.8 Å². The summed E-state index contributed by atoms with van der Waals surface area (Å²) < 4.78 is 0. The molecule has 1 aliphatic rings. The van der Waals surface area contributed by atoms with Crippen LogP contribution in [-0.2, 0) is 0 Å². The van der Waals surface area contributed by atoms with Gasteiger partial charge in [-0.05, 0) is 18.4 Å². The standard InChI is InChI=1S/C12H16N4O4/c1-7-2-3-15(10(7)6-17)12(18)8-4-11(13)14-5-9(8)16(19)20/h4-5,7,10,17H,2-3,6H2,1H3,(H2,13,14). The fourth-order valence-corrected chi connectivity index (χ4v) is 2.47. The fourth-order valence-electron chi connectivity index (χ4n) is 2.47. The summed E-state index contributed by atoms with van der Waals surface area (Å²) in [6, 6.07) is 0.884. The van der Waals surface area contributed by atoms with E-state index in [4.69, 9.17) is 5.73 Å². The third kappa shape index (κ3) is 2.42. The van der Waals surface area contributed by atoms with E-state index < -0.39 is 10.8 Å². The van der Waals surface area contributed by atoms with E-state index in [1.807, 2.05) is 6.92 Å². The summed E-state index contributed by atoms with van der Waals surface area (Å²) in [5, 5.41) is 20.3. The molecule has 2 unspecified atom stereocenters. The number of nitrogens with two attached hydrogens (primary N) is 1. The lowest BCUT2D eigenvalue weighted by Crippen LogP contribution is -2.40. The third-order valence-electron chi connectivity index (χ3n) is 3.66. The van der Waals surface area contributed by atoms with Gasteiger partial charge in [-0.1, -0.05) is 6.92 Å². The number of nitrogens with zero attached hydrogens (tertiary/aromatic N) is 3. The molecule has 2 heterocycles. The Morgan fingerprint density at radius 1 is 1.70 bits per heavy atom. The first-order valence-electron chi connectivity index (χ1n) is 6.27. The maximum Gasteiger partial charge on any atom is 0.300 e. The molecule has 0 spiro atoms. The highest BCUT2D eigenvalue weighted by Crippen LogP contribution is 2.28. The van der Waals surface area contributed by atoms with Crippen molar-refractivity contribution in [1.82, 2.24) is 9.88 Å². The van der Waals surface area contributed by atoms with E-state index in [1.165, 1.54) is 11.0 Å². The van der Waals surface area contributed by atoms with Crippen LogP contribution in [-0.4, -0.2) is 45.0 Å². The zero-order chi connectivity index (χ0) is 14.9. The maximum absolute atomic E-state index is 12.5. The molecular weight excluding hydrogens is 264 g/mol. The van der Waals surface area contributed by atoms with Crippen LogP contribution in [0, 0.1) is 16.0 Å². The van der Waals surface area contributed by atoms with Gasteiger partial charge in [0.1, 0.15) is 17.6 Å². The molecule has 1 aromatic rings. The Labute approximate surface area is 115 Å². The third-order valence-corrected chi connectivity index (χ3v) is 3.66. The van der Waals surface area contributed by atoms with Crippen molar-refractivity contribution in [2.75, 3.05) is 18.9 Å². The SMILES string of the molecule is CC1CCN(C(=O)c2cc(N)ncc2[N+](=O)[O-])C1CO. The van der Waals surface area contributed by atoms with Crippen LogP contribution in [0.3, 0.4) is 0 Å². The minimum absolute atomic E-state index is 0.0479. The molecule has 108 valence electrons. The Hall–Kier alpha value is -2.22. The number of aliphatic hydroxyl groups excluding tert-OH is 1. The zero-order valence-electron chi connectivity index (χ0n) is 11.0. The predicted octanol–water partition coefficient (Wildman–Crippen LogP) is 0.415. The fraction of sp³-hybridized carbons (Fsp3) is 0.500. The molecule has 2 atom stereocenters. The number of anilines is 1. The number of hydrogen-bond donors (Lipinski definition) is 2. The van der Waals surface area contributed by atoms with Gasteiger partial charge >= 0.3 is 0 Å². The zero-order valence-corrected chi connectivity index (χ0v) is 11.0. The maximum atomic E-state index is 12.5. The first kappa shape index (κ1) is 14.2. The molecule has 3 N–H and O–H groups in total. The lowest BCUT2D eigenvalue weighted by molar-refractivity contribution is -0.385. The van der Waals surface area contributed by atoms with E-state index in [-0.39, 0.29) is 35.6 Å². The van der Waals surface area contributed by atoms with Gasteiger partial charge in [0.15, 0.2) is 0 Å². The van der Waals surface area contributed by atoms with Crippen molar-refractivity contribution in [2.45, 2.75) is 19.4 Å². The second-order valence-corrected chi connectivity index (χ2v) is 4.90. The van der Waals surface area contributed by atoms with Gasteiger partial charge in [-0.2, -0.15) is 0 Å². The van der Waals surface area contributed by atoms with Gasteiger partial charge in [0, 0.05) is 6.54 Å². The normalized spacial score (nSPS) is 22.0. The highest BCUT2D eigenvalue weighted by Gasteiger charge is 2.36. The topological polar surface area (TPSA) is 123 Å². The predicted molar refractivity (Wildman–Crippen MR) is 71.0 cm³/mol. The van der Waals surface area contributed by atoms with Crippen molar-refractivity contribution in [1.29, 1.82) is 0 Å². The van der Waals surface area contributed by atoms with Gasteiger partial charge < -0.3 is 15.7 Å². The highest BCUT2D eigenvalue weighted by molar-refractivity contribution is 5.99. The van der Waals surface area contributed by atoms with Crippen LogP contribution in [0.1, 0.15) is 23.7 Å². The summed E-state index contributed by atoms with van der Waals surface area (Å²) in [6.45, 7) is 2.23. The molecule has 20 heavy (non-hydrogen) atoms. The van der Waals surface area contributed by atoms with Crippen molar-refractivity contribution in [2.24, 2.45) is 5.92 Å². The highest BCUT2D eigenvalue weighted by atomic mass is 16.6. The van der Waals surface area contributed by atoms with E-state index in [0.717, 1.165) is 12.6 Å². The average Bonchev–Trinajstić information content (AvgIpc) is 2.78. The Balaban J connectivity index is 2.38. The van der Waals surface area contributed by atoms with Crippen LogP contribution in [0.15, 0.2) is 12.3 Å². The summed E-state index contributed by atoms with van der Waals surface area (Å²) >= 11 is 0. The Bertz CT molecular complexity index is 548. The second-order valence-electron chi connectivity index (χ2n) is 4.90. The lowest BCUT2D eigenvalue weighted by atomic mass is 10.0. The van der Waals surface area contributed by atoms with E-state index in [2.05, 4.69) is 4.98 Å². The number of amides is 1. The van der Waals surface area contributed by atoms with Crippen LogP contribution in [0.4, 0.5) is 11.5 Å². The largest absolute Gasteiger partial charge is 0.394 e. The van der Waals surface area contributed by atoms with E-state index >= 15 is 0 Å². The van der Waals surface area contributed by atoms with E-state index in [1.54, 1.807) is 0 Å². The number of likely N-dealkylation sites (tertiary alicyclic amines) is 1. The van der Waals surface area contributed by atoms with Crippen molar-refractivity contribution >= 4 is 17.4 Å². The number of nitro groups is 1. The minimum atomic E-state index is -0.660. The molecule has 0 saturated carbocycles. The van der Waals surface area contributed by atoms with Gasteiger partial charge in [0.05, 0.1) is 17.6 Å². The quantitative estimate of drug-likeness (QED) is 0.611. The summed E-state index contributed by atoms with van der Waals surface area (Å²) in [5.41, 5.74) is 5.04. The molecule has 0 bridgehead atoms. The smallest absolute Gasteiger partial charge is 0.300 e. The monoisotopic (exact) mass is 280 g/mol. The number of pyridine rings is 1. The van der Waals surface area contributed by atoms with Gasteiger partial charge in [0.25, 0.3) is 11.6 Å². The van der Waals surface area contributed by atoms with Crippen LogP contribution in [0.2, 0.25) is 0 Å². The first-order chi connectivity index (χ1) is 9.45. The average molecular weight is 280 g/mol. The molecule has 1 aromatic heterocycles. The van der Waals surface area contributed by atoms with Gasteiger partial charge in [-0.3, -0.25) is 14.9 Å². The Morgan fingerprint density at radius 3 is 3.00 bits per heavy atom. The van der Waals surface area contributed by atoms with Crippen LogP contribution in [0.5, 0.6) is 0 Å². The van der Waals surface area contributed by atoms with Crippen LogP contribution in [0.25, 0.3) is 0 Å². The van der Waals surface area contributed by atoms with Crippen LogP contribution < -0.4 is 5.73 Å². The number of nitrogen functional groups attached to an aromatic ring is 1. The number of carbonyl (C=O) groups excluding carboxylic acids is 1. The van der Waals surface area contributed by atoms with E-state index in [9.17, 15) is 20.0 Å². The van der Waals surface area contributed by atoms with Crippen molar-refractivity contribution in [3.8, 4) is 0 Å². The molecular formula is C12H16N4O4. The second kappa shape index (κ2) is 5.41. The molecule has 8 heteroatoms. The van der Waals surface area contributed by atoms with Gasteiger partial charge in [-0.25, -0.2) is 4.98 Å². The molecule has 1 fully saturated rings. The minimum Gasteiger partial charge on any atom is -0.394 e. The number of carbonyl (C=O) groups is 1. The van der Waals surface area contributed by atoms with Crippen molar-refractivity contribution in [3.63, 3.8) is 0 Å². The molecule has 0 aromatic carbocycles. The Morgan fingerprint density at radius 2 is 2.40 bits per heavy atom. The first-order valence-corrected chi connectivity index (χ1v) is 6.27. The molecule has 8 nitrogen and oxygen atoms in total. The number of aliphatic hydroxyl groups is 1. The van der Waals surface area contributed by atoms with Gasteiger partial charge in [-0.15, -0.1) is 0 Å².